The summed E-state index contributed by atoms with van der Waals surface area (Å²) in [4.78, 5) is 24.2. The summed E-state index contributed by atoms with van der Waals surface area (Å²) in [5, 5.41) is 9.17. The van der Waals surface area contributed by atoms with Crippen LogP contribution in [0.25, 0.3) is 0 Å². The van der Waals surface area contributed by atoms with E-state index in [4.69, 9.17) is 4.43 Å². The maximum Gasteiger partial charge on any atom is 0.352 e. The van der Waals surface area contributed by atoms with Crippen molar-refractivity contribution in [2.24, 2.45) is 0 Å². The van der Waals surface area contributed by atoms with Gasteiger partial charge in [-0.1, -0.05) is 6.92 Å². The lowest BCUT2D eigenvalue weighted by molar-refractivity contribution is -0.152. The lowest BCUT2D eigenvalue weighted by atomic mass is 9.86. The number of rotatable bonds is 4. The molecule has 0 aromatic heterocycles. The number of carbonyl (C=O) groups excluding carboxylic acids is 1. The van der Waals surface area contributed by atoms with Crippen molar-refractivity contribution in [3.63, 3.8) is 0 Å². The Labute approximate surface area is 108 Å². The molecule has 0 radical (unpaired) electrons. The summed E-state index contributed by atoms with van der Waals surface area (Å²) in [6, 6.07) is -0.132. The van der Waals surface area contributed by atoms with E-state index in [2.05, 4.69) is 19.6 Å². The molecule has 0 aromatic rings. The van der Waals surface area contributed by atoms with Gasteiger partial charge in [0.1, 0.15) is 5.70 Å². The predicted molar refractivity (Wildman–Crippen MR) is 68.4 cm³/mol. The van der Waals surface area contributed by atoms with E-state index in [-0.39, 0.29) is 17.6 Å². The van der Waals surface area contributed by atoms with Gasteiger partial charge in [0.2, 0.25) is 5.91 Å². The van der Waals surface area contributed by atoms with Gasteiger partial charge in [-0.3, -0.25) is 9.69 Å². The zero-order valence-electron chi connectivity index (χ0n) is 11.2. The minimum Gasteiger partial charge on any atom is -0.477 e. The largest absolute Gasteiger partial charge is 0.477 e. The molecule has 0 bridgehead atoms. The fourth-order valence-electron chi connectivity index (χ4n) is 2.75. The maximum atomic E-state index is 11.6. The highest BCUT2D eigenvalue weighted by Crippen LogP contribution is 2.45. The van der Waals surface area contributed by atoms with Crippen molar-refractivity contribution in [2.45, 2.75) is 51.0 Å². The van der Waals surface area contributed by atoms with E-state index in [9.17, 15) is 14.7 Å². The first-order valence-corrected chi connectivity index (χ1v) is 9.59. The minimum absolute atomic E-state index is 0.0800. The first-order valence-electron chi connectivity index (χ1n) is 6.18. The molecular weight excluding hydrogens is 250 g/mol. The molecule has 0 aromatic carbocycles. The zero-order valence-corrected chi connectivity index (χ0v) is 12.2. The summed E-state index contributed by atoms with van der Waals surface area (Å²) in [6.07, 6.45) is 2.71. The van der Waals surface area contributed by atoms with Gasteiger partial charge in [0, 0.05) is 0 Å². The van der Waals surface area contributed by atoms with E-state index in [0.29, 0.717) is 12.8 Å². The van der Waals surface area contributed by atoms with Crippen molar-refractivity contribution < 1.29 is 19.1 Å². The molecule has 1 saturated heterocycles. The van der Waals surface area contributed by atoms with Gasteiger partial charge in [-0.15, -0.1) is 0 Å². The number of fused-ring (bicyclic) bond motifs is 1. The average molecular weight is 269 g/mol. The first-order chi connectivity index (χ1) is 8.20. The van der Waals surface area contributed by atoms with Crippen LogP contribution in [0.15, 0.2) is 11.8 Å². The van der Waals surface area contributed by atoms with Crippen molar-refractivity contribution >= 4 is 20.2 Å². The molecule has 2 atom stereocenters. The molecular formula is C12H19NO4Si. The Balaban J connectivity index is 2.38. The smallest absolute Gasteiger partial charge is 0.352 e. The highest BCUT2D eigenvalue weighted by atomic mass is 28.4. The van der Waals surface area contributed by atoms with E-state index in [1.165, 1.54) is 4.90 Å². The lowest BCUT2D eigenvalue weighted by Gasteiger charge is -2.46. The Hall–Kier alpha value is -1.14. The van der Waals surface area contributed by atoms with Crippen LogP contribution in [0.1, 0.15) is 19.8 Å². The SMILES string of the molecule is CC[C@@]1(O[Si](C)(C)C)C=C(C(=O)O)N2C(=O)C[C@H]21. The Morgan fingerprint density at radius 1 is 1.61 bits per heavy atom. The van der Waals surface area contributed by atoms with Crippen molar-refractivity contribution in [1.29, 1.82) is 0 Å². The number of hydrogen-bond donors (Lipinski definition) is 1. The Kier molecular flexibility index (Phi) is 2.90. The van der Waals surface area contributed by atoms with Crippen LogP contribution in [0.5, 0.6) is 0 Å². The Morgan fingerprint density at radius 2 is 2.22 bits per heavy atom. The third-order valence-corrected chi connectivity index (χ3v) is 4.41. The third-order valence-electron chi connectivity index (χ3n) is 3.42. The molecule has 100 valence electrons. The number of aliphatic carboxylic acids is 1. The Morgan fingerprint density at radius 3 is 2.56 bits per heavy atom. The molecule has 2 heterocycles. The van der Waals surface area contributed by atoms with Gasteiger partial charge in [-0.2, -0.15) is 0 Å². The van der Waals surface area contributed by atoms with E-state index >= 15 is 0 Å². The van der Waals surface area contributed by atoms with Gasteiger partial charge >= 0.3 is 5.97 Å². The highest BCUT2D eigenvalue weighted by Gasteiger charge is 2.58. The second-order valence-electron chi connectivity index (χ2n) is 5.84. The van der Waals surface area contributed by atoms with E-state index in [1.807, 2.05) is 6.92 Å². The number of carbonyl (C=O) groups is 2. The number of β-lactam (4-membered cyclic amide) rings is 1. The standard InChI is InChI=1S/C12H19NO4Si/c1-5-12(17-18(2,3)4)7-8(11(15)16)13-9(12)6-10(13)14/h7,9H,5-6H2,1-4H3,(H,15,16)/t9-,12+/m0/s1. The molecule has 1 amide bonds. The topological polar surface area (TPSA) is 66.8 Å². The molecule has 2 aliphatic rings. The highest BCUT2D eigenvalue weighted by molar-refractivity contribution is 6.69. The lowest BCUT2D eigenvalue weighted by Crippen LogP contribution is -2.61. The molecule has 5 nitrogen and oxygen atoms in total. The normalized spacial score (nSPS) is 30.9. The summed E-state index contributed by atoms with van der Waals surface area (Å²) >= 11 is 0. The summed E-state index contributed by atoms with van der Waals surface area (Å²) < 4.78 is 6.20. The van der Waals surface area contributed by atoms with Crippen LogP contribution in [0.3, 0.4) is 0 Å². The van der Waals surface area contributed by atoms with Crippen LogP contribution < -0.4 is 0 Å². The molecule has 0 aliphatic carbocycles. The fourth-order valence-corrected chi connectivity index (χ4v) is 4.23. The second kappa shape index (κ2) is 3.93. The zero-order chi connectivity index (χ0) is 13.7. The van der Waals surface area contributed by atoms with Crippen molar-refractivity contribution in [1.82, 2.24) is 4.90 Å². The number of hydrogen-bond acceptors (Lipinski definition) is 3. The Bertz CT molecular complexity index is 440. The van der Waals surface area contributed by atoms with E-state index in [1.54, 1.807) is 6.08 Å². The van der Waals surface area contributed by atoms with Gasteiger partial charge in [0.05, 0.1) is 18.1 Å². The fraction of sp³-hybridized carbons (Fsp3) is 0.667. The minimum atomic E-state index is -1.81. The molecule has 2 aliphatic heterocycles. The van der Waals surface area contributed by atoms with Crippen molar-refractivity contribution in [2.75, 3.05) is 0 Å². The maximum absolute atomic E-state index is 11.6. The average Bonchev–Trinajstić information content (AvgIpc) is 2.46. The molecule has 0 spiro atoms. The number of carboxylic acid groups (broad SMARTS) is 1. The van der Waals surface area contributed by atoms with Gasteiger partial charge in [0.15, 0.2) is 8.32 Å². The number of nitrogens with zero attached hydrogens (tertiary/aromatic N) is 1. The molecule has 0 saturated carbocycles. The molecule has 18 heavy (non-hydrogen) atoms. The quantitative estimate of drug-likeness (QED) is 0.621. The molecule has 0 unspecified atom stereocenters. The van der Waals surface area contributed by atoms with Gasteiger partial charge in [-0.25, -0.2) is 4.79 Å². The third kappa shape index (κ3) is 1.89. The van der Waals surface area contributed by atoms with Crippen LogP contribution in [0.2, 0.25) is 19.6 Å². The first kappa shape index (κ1) is 13.3. The van der Waals surface area contributed by atoms with Crippen LogP contribution >= 0.6 is 0 Å². The molecule has 1 fully saturated rings. The summed E-state index contributed by atoms with van der Waals surface area (Å²) in [6.45, 7) is 8.19. The van der Waals surface area contributed by atoms with Gasteiger partial charge < -0.3 is 9.53 Å². The van der Waals surface area contributed by atoms with E-state index in [0.717, 1.165) is 0 Å². The van der Waals surface area contributed by atoms with Crippen LogP contribution in [-0.2, 0) is 14.0 Å². The van der Waals surface area contributed by atoms with Gasteiger partial charge in [0.25, 0.3) is 0 Å². The van der Waals surface area contributed by atoms with Crippen molar-refractivity contribution in [3.8, 4) is 0 Å². The van der Waals surface area contributed by atoms with Crippen LogP contribution in [0, 0.1) is 0 Å². The van der Waals surface area contributed by atoms with Gasteiger partial charge in [-0.05, 0) is 32.1 Å². The summed E-state index contributed by atoms with van der Waals surface area (Å²) in [5.41, 5.74) is -0.525. The second-order valence-corrected chi connectivity index (χ2v) is 10.3. The molecule has 1 N–H and O–H groups in total. The van der Waals surface area contributed by atoms with E-state index < -0.39 is 19.9 Å². The number of carboxylic acids is 1. The summed E-state index contributed by atoms with van der Waals surface area (Å²) in [5.74, 6) is -1.18. The monoisotopic (exact) mass is 269 g/mol. The predicted octanol–water partition coefficient (Wildman–Crippen LogP) is 1.57. The molecule has 2 rings (SSSR count). The molecule has 6 heteroatoms. The van der Waals surface area contributed by atoms with Crippen LogP contribution in [-0.4, -0.2) is 41.8 Å². The van der Waals surface area contributed by atoms with Crippen LogP contribution in [0.4, 0.5) is 0 Å². The summed E-state index contributed by atoms with van der Waals surface area (Å²) in [7, 11) is -1.81. The number of amides is 1. The van der Waals surface area contributed by atoms with Crippen molar-refractivity contribution in [3.05, 3.63) is 11.8 Å².